The van der Waals surface area contributed by atoms with Crippen LogP contribution in [0.15, 0.2) is 83.8 Å². The van der Waals surface area contributed by atoms with Crippen LogP contribution in [0.1, 0.15) is 51.2 Å². The summed E-state index contributed by atoms with van der Waals surface area (Å²) in [7, 11) is -4.11. The van der Waals surface area contributed by atoms with Gasteiger partial charge in [-0.2, -0.15) is 0 Å². The van der Waals surface area contributed by atoms with Crippen LogP contribution in [-0.2, 0) is 32.6 Å². The molecule has 214 valence electrons. The lowest BCUT2D eigenvalue weighted by molar-refractivity contribution is -0.140. The Kier molecular flexibility index (Phi) is 11.6. The number of aryl methyl sites for hydroxylation is 1. The first-order valence-electron chi connectivity index (χ1n) is 13.7. The first kappa shape index (κ1) is 31.2. The van der Waals surface area contributed by atoms with Crippen LogP contribution in [0, 0.1) is 0 Å². The molecule has 0 radical (unpaired) electrons. The van der Waals surface area contributed by atoms with E-state index in [1.165, 1.54) is 17.0 Å². The Morgan fingerprint density at radius 2 is 1.50 bits per heavy atom. The molecular formula is C31H38ClN3O4S. The number of amides is 2. The standard InChI is InChI=1S/C31H38ClN3O4S/c1-4-7-21-33-31(37)28(6-3)34(22-25-16-11-13-19-27(25)32)30(36)23-35(29-20-14-12-15-24(29)5-2)40(38,39)26-17-9-8-10-18-26/h8-20,28H,4-7,21-23H2,1-3H3,(H,33,37). The SMILES string of the molecule is CCCCNC(=O)C(CC)N(Cc1ccccc1Cl)C(=O)CN(c1ccccc1CC)S(=O)(=O)c1ccccc1. The van der Waals surface area contributed by atoms with Gasteiger partial charge in [0.1, 0.15) is 12.6 Å². The molecule has 0 fully saturated rings. The molecule has 0 heterocycles. The highest BCUT2D eigenvalue weighted by Crippen LogP contribution is 2.28. The lowest BCUT2D eigenvalue weighted by Gasteiger charge is -2.34. The Labute approximate surface area is 243 Å². The van der Waals surface area contributed by atoms with Crippen LogP contribution in [-0.4, -0.2) is 44.3 Å². The van der Waals surface area contributed by atoms with E-state index in [2.05, 4.69) is 5.32 Å². The summed E-state index contributed by atoms with van der Waals surface area (Å²) < 4.78 is 29.1. The average Bonchev–Trinajstić information content (AvgIpc) is 2.97. The lowest BCUT2D eigenvalue weighted by Crippen LogP contribution is -2.52. The maximum absolute atomic E-state index is 14.2. The van der Waals surface area contributed by atoms with E-state index in [1.807, 2.05) is 39.0 Å². The van der Waals surface area contributed by atoms with Crippen LogP contribution in [0.2, 0.25) is 5.02 Å². The van der Waals surface area contributed by atoms with Crippen LogP contribution < -0.4 is 9.62 Å². The second kappa shape index (κ2) is 14.9. The molecule has 0 bridgehead atoms. The number of hydrogen-bond donors (Lipinski definition) is 1. The maximum atomic E-state index is 14.2. The minimum Gasteiger partial charge on any atom is -0.354 e. The predicted octanol–water partition coefficient (Wildman–Crippen LogP) is 5.82. The molecule has 0 saturated carbocycles. The minimum absolute atomic E-state index is 0.0624. The Hall–Kier alpha value is -3.36. The lowest BCUT2D eigenvalue weighted by atomic mass is 10.1. The topological polar surface area (TPSA) is 86.8 Å². The van der Waals surface area contributed by atoms with Crippen LogP contribution in [0.4, 0.5) is 5.69 Å². The highest BCUT2D eigenvalue weighted by Gasteiger charge is 2.34. The second-order valence-corrected chi connectivity index (χ2v) is 11.8. The van der Waals surface area contributed by atoms with Crippen LogP contribution in [0.25, 0.3) is 0 Å². The second-order valence-electron chi connectivity index (χ2n) is 9.49. The van der Waals surface area contributed by atoms with Gasteiger partial charge in [-0.25, -0.2) is 8.42 Å². The predicted molar refractivity (Wildman–Crippen MR) is 161 cm³/mol. The molecule has 0 aromatic heterocycles. The van der Waals surface area contributed by atoms with E-state index in [1.54, 1.807) is 48.5 Å². The van der Waals surface area contributed by atoms with E-state index in [4.69, 9.17) is 11.6 Å². The zero-order valence-corrected chi connectivity index (χ0v) is 24.9. The van der Waals surface area contributed by atoms with Gasteiger partial charge in [0.2, 0.25) is 11.8 Å². The van der Waals surface area contributed by atoms with Crippen molar-refractivity contribution in [3.8, 4) is 0 Å². The first-order chi connectivity index (χ1) is 19.2. The van der Waals surface area contributed by atoms with Crippen molar-refractivity contribution in [3.05, 3.63) is 95.0 Å². The Balaban J connectivity index is 2.07. The molecule has 0 aliphatic heterocycles. The Morgan fingerprint density at radius 3 is 2.12 bits per heavy atom. The molecule has 0 spiro atoms. The Morgan fingerprint density at radius 1 is 0.875 bits per heavy atom. The summed E-state index contributed by atoms with van der Waals surface area (Å²) in [5.41, 5.74) is 1.89. The van der Waals surface area contributed by atoms with E-state index >= 15 is 0 Å². The number of hydrogen-bond acceptors (Lipinski definition) is 4. The summed E-state index contributed by atoms with van der Waals surface area (Å²) in [4.78, 5) is 29.0. The van der Waals surface area contributed by atoms with E-state index in [0.717, 1.165) is 22.7 Å². The number of nitrogens with zero attached hydrogens (tertiary/aromatic N) is 2. The molecule has 0 aliphatic carbocycles. The van der Waals surface area contributed by atoms with Gasteiger partial charge in [0.05, 0.1) is 10.6 Å². The first-order valence-corrected chi connectivity index (χ1v) is 15.5. The van der Waals surface area contributed by atoms with Gasteiger partial charge in [-0.1, -0.05) is 93.4 Å². The number of unbranched alkanes of at least 4 members (excludes halogenated alkanes) is 1. The van der Waals surface area contributed by atoms with Gasteiger partial charge >= 0.3 is 0 Å². The number of rotatable bonds is 14. The van der Waals surface area contributed by atoms with Crippen LogP contribution in [0.5, 0.6) is 0 Å². The van der Waals surface area contributed by atoms with Crippen LogP contribution >= 0.6 is 11.6 Å². The maximum Gasteiger partial charge on any atom is 0.264 e. The molecule has 3 rings (SSSR count). The van der Waals surface area contributed by atoms with Crippen molar-refractivity contribution in [3.63, 3.8) is 0 Å². The number of benzene rings is 3. The fourth-order valence-corrected chi connectivity index (χ4v) is 6.19. The molecule has 0 saturated heterocycles. The third-order valence-corrected chi connectivity index (χ3v) is 8.91. The minimum atomic E-state index is -4.11. The number of nitrogens with one attached hydrogen (secondary N) is 1. The molecule has 1 unspecified atom stereocenters. The molecular weight excluding hydrogens is 546 g/mol. The van der Waals surface area contributed by atoms with Gasteiger partial charge in [0.15, 0.2) is 0 Å². The molecule has 2 amide bonds. The summed E-state index contributed by atoms with van der Waals surface area (Å²) in [6.45, 7) is 5.89. The summed E-state index contributed by atoms with van der Waals surface area (Å²) in [6.07, 6.45) is 2.66. The van der Waals surface area contributed by atoms with Crippen molar-refractivity contribution in [1.82, 2.24) is 10.2 Å². The van der Waals surface area contributed by atoms with E-state index < -0.39 is 28.5 Å². The third kappa shape index (κ3) is 7.64. The average molecular weight is 584 g/mol. The largest absolute Gasteiger partial charge is 0.354 e. The highest BCUT2D eigenvalue weighted by molar-refractivity contribution is 7.92. The summed E-state index contributed by atoms with van der Waals surface area (Å²) >= 11 is 6.45. The number of para-hydroxylation sites is 1. The molecule has 1 N–H and O–H groups in total. The molecule has 1 atom stereocenters. The quantitative estimate of drug-likeness (QED) is 0.242. The van der Waals surface area contributed by atoms with Gasteiger partial charge in [-0.05, 0) is 54.7 Å². The molecule has 0 aliphatic rings. The molecule has 40 heavy (non-hydrogen) atoms. The van der Waals surface area contributed by atoms with Gasteiger partial charge in [-0.3, -0.25) is 13.9 Å². The van der Waals surface area contributed by atoms with Crippen molar-refractivity contribution in [2.75, 3.05) is 17.4 Å². The van der Waals surface area contributed by atoms with Crippen molar-refractivity contribution in [1.29, 1.82) is 0 Å². The monoisotopic (exact) mass is 583 g/mol. The van der Waals surface area contributed by atoms with Crippen LogP contribution in [0.3, 0.4) is 0 Å². The molecule has 3 aromatic rings. The van der Waals surface area contributed by atoms with Crippen molar-refractivity contribution in [2.24, 2.45) is 0 Å². The summed E-state index contributed by atoms with van der Waals surface area (Å²) in [5.74, 6) is -0.773. The van der Waals surface area contributed by atoms with Gasteiger partial charge in [0.25, 0.3) is 10.0 Å². The Bertz CT molecular complexity index is 1380. The number of sulfonamides is 1. The van der Waals surface area contributed by atoms with Crippen molar-refractivity contribution in [2.45, 2.75) is 63.9 Å². The van der Waals surface area contributed by atoms with Gasteiger partial charge in [-0.15, -0.1) is 0 Å². The van der Waals surface area contributed by atoms with Crippen molar-refractivity contribution < 1.29 is 18.0 Å². The smallest absolute Gasteiger partial charge is 0.264 e. The summed E-state index contributed by atoms with van der Waals surface area (Å²) in [6, 6.07) is 21.6. The van der Waals surface area contributed by atoms with E-state index in [0.29, 0.717) is 35.7 Å². The number of carbonyl (C=O) groups excluding carboxylic acids is 2. The summed E-state index contributed by atoms with van der Waals surface area (Å²) in [5, 5.41) is 3.40. The zero-order chi connectivity index (χ0) is 29.1. The van der Waals surface area contributed by atoms with Gasteiger partial charge in [0, 0.05) is 18.1 Å². The number of anilines is 1. The number of halogens is 1. The van der Waals surface area contributed by atoms with E-state index in [9.17, 15) is 18.0 Å². The normalized spacial score (nSPS) is 12.0. The molecule has 3 aromatic carbocycles. The molecule has 7 nitrogen and oxygen atoms in total. The number of carbonyl (C=O) groups is 2. The van der Waals surface area contributed by atoms with E-state index in [-0.39, 0.29) is 17.3 Å². The fourth-order valence-electron chi connectivity index (χ4n) is 4.52. The van der Waals surface area contributed by atoms with Gasteiger partial charge < -0.3 is 10.2 Å². The molecule has 9 heteroatoms. The zero-order valence-electron chi connectivity index (χ0n) is 23.3. The van der Waals surface area contributed by atoms with Crippen molar-refractivity contribution >= 4 is 39.1 Å². The fraction of sp³-hybridized carbons (Fsp3) is 0.355. The third-order valence-electron chi connectivity index (χ3n) is 6.77. The highest BCUT2D eigenvalue weighted by atomic mass is 35.5.